The average molecular weight is 384 g/mol. The monoisotopic (exact) mass is 384 g/mol. The van der Waals surface area contributed by atoms with E-state index in [4.69, 9.17) is 0 Å². The Morgan fingerprint density at radius 3 is 2.48 bits per heavy atom. The second-order valence-electron chi connectivity index (χ2n) is 7.61. The Balaban J connectivity index is 1.53. The van der Waals surface area contributed by atoms with Crippen LogP contribution in [0.5, 0.6) is 0 Å². The Labute approximate surface area is 171 Å². The van der Waals surface area contributed by atoms with E-state index in [9.17, 15) is 9.59 Å². The molecule has 1 atom stereocenters. The molecule has 0 saturated carbocycles. The number of carbonyl (C=O) groups is 2. The lowest BCUT2D eigenvalue weighted by atomic mass is 10.1. The minimum absolute atomic E-state index is 0.0118. The maximum atomic E-state index is 13.1. The Kier molecular flexibility index (Phi) is 5.17. The molecular weight excluding hydrogens is 360 g/mol. The van der Waals surface area contributed by atoms with Gasteiger partial charge in [-0.15, -0.1) is 0 Å². The van der Waals surface area contributed by atoms with Crippen molar-refractivity contribution in [2.75, 3.05) is 4.90 Å². The van der Waals surface area contributed by atoms with Gasteiger partial charge in [0.05, 0.1) is 0 Å². The smallest absolute Gasteiger partial charge is 0.258 e. The molecule has 0 bridgehead atoms. The van der Waals surface area contributed by atoms with E-state index < -0.39 is 0 Å². The van der Waals surface area contributed by atoms with Gasteiger partial charge in [0.25, 0.3) is 11.8 Å². The third kappa shape index (κ3) is 3.92. The van der Waals surface area contributed by atoms with E-state index in [1.54, 1.807) is 0 Å². The highest BCUT2D eigenvalue weighted by Gasteiger charge is 2.31. The quantitative estimate of drug-likeness (QED) is 0.719. The summed E-state index contributed by atoms with van der Waals surface area (Å²) in [5.41, 5.74) is 5.47. The van der Waals surface area contributed by atoms with Crippen LogP contribution in [0, 0.1) is 6.92 Å². The Hall–Kier alpha value is -3.40. The average Bonchev–Trinajstić information content (AvgIpc) is 3.07. The normalized spacial score (nSPS) is 15.1. The molecule has 3 aromatic carbocycles. The van der Waals surface area contributed by atoms with Gasteiger partial charge in [-0.05, 0) is 61.7 Å². The number of hydrogen-bond acceptors (Lipinski definition) is 2. The maximum absolute atomic E-state index is 13.1. The van der Waals surface area contributed by atoms with E-state index in [0.717, 1.165) is 28.8 Å². The van der Waals surface area contributed by atoms with Crippen LogP contribution >= 0.6 is 0 Å². The van der Waals surface area contributed by atoms with E-state index in [0.29, 0.717) is 17.7 Å². The first-order valence-electron chi connectivity index (χ1n) is 9.88. The van der Waals surface area contributed by atoms with Gasteiger partial charge < -0.3 is 10.2 Å². The van der Waals surface area contributed by atoms with Crippen molar-refractivity contribution in [1.82, 2.24) is 5.32 Å². The van der Waals surface area contributed by atoms with Crippen LogP contribution in [-0.2, 0) is 13.0 Å². The van der Waals surface area contributed by atoms with Crippen LogP contribution in [0.3, 0.4) is 0 Å². The van der Waals surface area contributed by atoms with Crippen molar-refractivity contribution in [1.29, 1.82) is 0 Å². The largest absolute Gasteiger partial charge is 0.348 e. The molecule has 1 heterocycles. The first-order valence-corrected chi connectivity index (χ1v) is 9.88. The molecule has 29 heavy (non-hydrogen) atoms. The molecule has 1 aliphatic heterocycles. The number of rotatable bonds is 4. The standard InChI is InChI=1S/C25H24N2O2/c1-17-7-6-10-22(13-17)24(28)26-16-19-11-12-21-14-18(2)27(23(21)15-19)25(29)20-8-4-3-5-9-20/h3-13,15,18H,14,16H2,1-2H3,(H,26,28). The second-order valence-corrected chi connectivity index (χ2v) is 7.61. The summed E-state index contributed by atoms with van der Waals surface area (Å²) < 4.78 is 0. The van der Waals surface area contributed by atoms with Crippen LogP contribution in [0.2, 0.25) is 0 Å². The molecule has 3 aromatic rings. The lowest BCUT2D eigenvalue weighted by Gasteiger charge is -2.23. The Morgan fingerprint density at radius 1 is 0.966 bits per heavy atom. The molecule has 146 valence electrons. The third-order valence-electron chi connectivity index (χ3n) is 5.34. The molecule has 0 aliphatic carbocycles. The number of nitrogens with one attached hydrogen (secondary N) is 1. The lowest BCUT2D eigenvalue weighted by molar-refractivity contribution is 0.0948. The minimum Gasteiger partial charge on any atom is -0.348 e. The first kappa shape index (κ1) is 18.9. The summed E-state index contributed by atoms with van der Waals surface area (Å²) in [6, 6.07) is 23.1. The summed E-state index contributed by atoms with van der Waals surface area (Å²) in [7, 11) is 0. The highest BCUT2D eigenvalue weighted by atomic mass is 16.2. The number of amides is 2. The van der Waals surface area contributed by atoms with E-state index in [2.05, 4.69) is 18.3 Å². The van der Waals surface area contributed by atoms with E-state index in [1.165, 1.54) is 0 Å². The zero-order valence-electron chi connectivity index (χ0n) is 16.7. The lowest BCUT2D eigenvalue weighted by Crippen LogP contribution is -2.35. The van der Waals surface area contributed by atoms with Crippen molar-refractivity contribution in [3.05, 3.63) is 101 Å². The number of hydrogen-bond donors (Lipinski definition) is 1. The van der Waals surface area contributed by atoms with Gasteiger partial charge >= 0.3 is 0 Å². The van der Waals surface area contributed by atoms with Crippen molar-refractivity contribution in [3.63, 3.8) is 0 Å². The van der Waals surface area contributed by atoms with Gasteiger partial charge in [-0.3, -0.25) is 9.59 Å². The van der Waals surface area contributed by atoms with Crippen LogP contribution in [0.1, 0.15) is 44.3 Å². The van der Waals surface area contributed by atoms with Crippen molar-refractivity contribution in [2.45, 2.75) is 32.9 Å². The fourth-order valence-electron chi connectivity index (χ4n) is 3.86. The summed E-state index contributed by atoms with van der Waals surface area (Å²) in [6.07, 6.45) is 0.837. The second kappa shape index (κ2) is 7.92. The molecular formula is C25H24N2O2. The molecule has 1 unspecified atom stereocenters. The zero-order chi connectivity index (χ0) is 20.4. The summed E-state index contributed by atoms with van der Waals surface area (Å²) in [6.45, 7) is 4.46. The van der Waals surface area contributed by atoms with Crippen molar-refractivity contribution >= 4 is 17.5 Å². The SMILES string of the molecule is Cc1cccc(C(=O)NCc2ccc3c(c2)N(C(=O)c2ccccc2)C(C)C3)c1. The van der Waals surface area contributed by atoms with Crippen LogP contribution in [-0.4, -0.2) is 17.9 Å². The predicted octanol–water partition coefficient (Wildman–Crippen LogP) is 4.52. The minimum atomic E-state index is -0.0974. The maximum Gasteiger partial charge on any atom is 0.258 e. The van der Waals surface area contributed by atoms with Crippen LogP contribution in [0.4, 0.5) is 5.69 Å². The summed E-state index contributed by atoms with van der Waals surface area (Å²) >= 11 is 0. The van der Waals surface area contributed by atoms with Crippen molar-refractivity contribution in [3.8, 4) is 0 Å². The molecule has 4 rings (SSSR count). The fraction of sp³-hybridized carbons (Fsp3) is 0.200. The van der Waals surface area contributed by atoms with Gasteiger partial charge in [-0.1, -0.05) is 48.0 Å². The van der Waals surface area contributed by atoms with Crippen LogP contribution in [0.25, 0.3) is 0 Å². The van der Waals surface area contributed by atoms with E-state index in [1.807, 2.05) is 78.6 Å². The molecule has 2 amide bonds. The molecule has 4 heteroatoms. The number of carbonyl (C=O) groups excluding carboxylic acids is 2. The Morgan fingerprint density at radius 2 is 1.72 bits per heavy atom. The molecule has 0 radical (unpaired) electrons. The molecule has 0 spiro atoms. The zero-order valence-corrected chi connectivity index (χ0v) is 16.7. The van der Waals surface area contributed by atoms with Crippen molar-refractivity contribution < 1.29 is 9.59 Å². The van der Waals surface area contributed by atoms with E-state index in [-0.39, 0.29) is 17.9 Å². The highest BCUT2D eigenvalue weighted by molar-refractivity contribution is 6.07. The van der Waals surface area contributed by atoms with Gasteiger partial charge in [-0.25, -0.2) is 0 Å². The van der Waals surface area contributed by atoms with Crippen LogP contribution in [0.15, 0.2) is 72.8 Å². The topological polar surface area (TPSA) is 49.4 Å². The van der Waals surface area contributed by atoms with Gasteiger partial charge in [0.15, 0.2) is 0 Å². The Bertz CT molecular complexity index is 1060. The number of aryl methyl sites for hydroxylation is 1. The molecule has 4 nitrogen and oxygen atoms in total. The molecule has 0 saturated heterocycles. The molecule has 0 fully saturated rings. The van der Waals surface area contributed by atoms with Gasteiger partial charge in [0.1, 0.15) is 0 Å². The highest BCUT2D eigenvalue weighted by Crippen LogP contribution is 2.34. The summed E-state index contributed by atoms with van der Waals surface area (Å²) in [5.74, 6) is -0.0856. The number of nitrogens with zero attached hydrogens (tertiary/aromatic N) is 1. The summed E-state index contributed by atoms with van der Waals surface area (Å²) in [4.78, 5) is 27.4. The number of benzene rings is 3. The van der Waals surface area contributed by atoms with Gasteiger partial charge in [0.2, 0.25) is 0 Å². The predicted molar refractivity (Wildman–Crippen MR) is 115 cm³/mol. The third-order valence-corrected chi connectivity index (χ3v) is 5.34. The van der Waals surface area contributed by atoms with E-state index >= 15 is 0 Å². The van der Waals surface area contributed by atoms with Crippen LogP contribution < -0.4 is 10.2 Å². The first-order chi connectivity index (χ1) is 14.0. The molecule has 1 aliphatic rings. The molecule has 1 N–H and O–H groups in total. The van der Waals surface area contributed by atoms with Gasteiger partial charge in [0, 0.05) is 29.4 Å². The fourth-order valence-corrected chi connectivity index (χ4v) is 3.86. The van der Waals surface area contributed by atoms with Crippen molar-refractivity contribution in [2.24, 2.45) is 0 Å². The van der Waals surface area contributed by atoms with Gasteiger partial charge in [-0.2, -0.15) is 0 Å². The summed E-state index contributed by atoms with van der Waals surface area (Å²) in [5, 5.41) is 2.98. The number of fused-ring (bicyclic) bond motifs is 1. The molecule has 0 aromatic heterocycles. The number of anilines is 1.